The molecule has 1 fully saturated rings. The summed E-state index contributed by atoms with van der Waals surface area (Å²) in [6.45, 7) is 1.33. The Bertz CT molecular complexity index is 706. The lowest BCUT2D eigenvalue weighted by Crippen LogP contribution is -2.48. The first-order chi connectivity index (χ1) is 13.1. The van der Waals surface area contributed by atoms with E-state index in [1.165, 1.54) is 0 Å². The van der Waals surface area contributed by atoms with Crippen LogP contribution in [-0.2, 0) is 9.53 Å². The van der Waals surface area contributed by atoms with E-state index in [-0.39, 0.29) is 11.6 Å². The van der Waals surface area contributed by atoms with E-state index < -0.39 is 36.6 Å². The number of halogens is 3. The van der Waals surface area contributed by atoms with Crippen molar-refractivity contribution in [2.45, 2.75) is 45.0 Å². The number of benzene rings is 1. The molecule has 1 saturated carbocycles. The molecule has 1 aromatic carbocycles. The molecule has 1 aliphatic carbocycles. The Labute approximate surface area is 159 Å². The summed E-state index contributed by atoms with van der Waals surface area (Å²) in [5, 5.41) is 4.80. The van der Waals surface area contributed by atoms with Crippen LogP contribution in [0.25, 0.3) is 0 Å². The number of hydrogen-bond acceptors (Lipinski definition) is 5. The van der Waals surface area contributed by atoms with E-state index in [1.54, 1.807) is 0 Å². The van der Waals surface area contributed by atoms with Gasteiger partial charge in [-0.1, -0.05) is 19.8 Å². The van der Waals surface area contributed by atoms with Gasteiger partial charge in [-0.2, -0.15) is 0 Å². The number of hydrogen-bond donors (Lipinski definition) is 2. The second-order valence-corrected chi connectivity index (χ2v) is 6.54. The smallest absolute Gasteiger partial charge is 0.452 e. The highest BCUT2D eigenvalue weighted by atomic mass is 19.4. The molecule has 2 N–H and O–H groups in total. The van der Waals surface area contributed by atoms with Crippen LogP contribution in [0.2, 0.25) is 0 Å². The Morgan fingerprint density at radius 1 is 1.11 bits per heavy atom. The Kier molecular flexibility index (Phi) is 7.24. The van der Waals surface area contributed by atoms with Crippen LogP contribution in [0.5, 0.6) is 5.75 Å². The lowest BCUT2D eigenvalue weighted by atomic mass is 9.86. The normalized spacial score (nSPS) is 19.4. The van der Waals surface area contributed by atoms with Crippen molar-refractivity contribution >= 4 is 17.9 Å². The Hall–Kier alpha value is -2.78. The van der Waals surface area contributed by atoms with Gasteiger partial charge in [-0.15, -0.1) is 13.2 Å². The Morgan fingerprint density at radius 3 is 2.36 bits per heavy atom. The summed E-state index contributed by atoms with van der Waals surface area (Å²) in [5.74, 6) is -1.91. The molecular weight excluding hydrogens is 381 g/mol. The average molecular weight is 402 g/mol. The first kappa shape index (κ1) is 21.5. The molecule has 1 aromatic rings. The van der Waals surface area contributed by atoms with Gasteiger partial charge in [-0.05, 0) is 43.0 Å². The van der Waals surface area contributed by atoms with Crippen molar-refractivity contribution in [2.75, 3.05) is 6.61 Å². The zero-order valence-corrected chi connectivity index (χ0v) is 15.2. The van der Waals surface area contributed by atoms with Gasteiger partial charge in [0.25, 0.3) is 5.91 Å². The lowest BCUT2D eigenvalue weighted by Gasteiger charge is -2.29. The number of carbonyl (C=O) groups is 3. The van der Waals surface area contributed by atoms with Crippen LogP contribution in [0.4, 0.5) is 18.0 Å². The van der Waals surface area contributed by atoms with Gasteiger partial charge in [0, 0.05) is 6.04 Å². The summed E-state index contributed by atoms with van der Waals surface area (Å²) in [5.41, 5.74) is -0.0668. The minimum Gasteiger partial charge on any atom is -0.452 e. The van der Waals surface area contributed by atoms with Crippen LogP contribution in [0.1, 0.15) is 43.0 Å². The molecule has 0 heterocycles. The molecule has 0 aliphatic heterocycles. The molecule has 10 heteroatoms. The van der Waals surface area contributed by atoms with E-state index in [9.17, 15) is 27.6 Å². The third kappa shape index (κ3) is 7.09. The SMILES string of the molecule is C[C@H]1CCCC[C@H]1NC(=O)NC(=O)COC(=O)c1ccc(OC(F)(F)F)cc1. The maximum absolute atomic E-state index is 12.1. The van der Waals surface area contributed by atoms with Crippen LogP contribution in [-0.4, -0.2) is 36.9 Å². The van der Waals surface area contributed by atoms with Crippen molar-refractivity contribution in [3.05, 3.63) is 29.8 Å². The molecule has 28 heavy (non-hydrogen) atoms. The highest BCUT2D eigenvalue weighted by molar-refractivity contribution is 5.97. The largest absolute Gasteiger partial charge is 0.573 e. The van der Waals surface area contributed by atoms with E-state index in [1.807, 2.05) is 6.92 Å². The number of urea groups is 1. The van der Waals surface area contributed by atoms with Gasteiger partial charge in [-0.25, -0.2) is 9.59 Å². The molecule has 7 nitrogen and oxygen atoms in total. The van der Waals surface area contributed by atoms with Crippen molar-refractivity contribution < 1.29 is 37.0 Å². The quantitative estimate of drug-likeness (QED) is 0.738. The highest BCUT2D eigenvalue weighted by Gasteiger charge is 2.31. The van der Waals surface area contributed by atoms with Crippen LogP contribution in [0.15, 0.2) is 24.3 Å². The second kappa shape index (κ2) is 9.43. The fraction of sp³-hybridized carbons (Fsp3) is 0.500. The molecule has 0 bridgehead atoms. The number of amides is 3. The van der Waals surface area contributed by atoms with Crippen molar-refractivity contribution in [1.29, 1.82) is 0 Å². The monoisotopic (exact) mass is 402 g/mol. The molecule has 3 amide bonds. The summed E-state index contributed by atoms with van der Waals surface area (Å²) < 4.78 is 44.7. The van der Waals surface area contributed by atoms with Crippen molar-refractivity contribution in [3.8, 4) is 5.75 Å². The summed E-state index contributed by atoms with van der Waals surface area (Å²) in [7, 11) is 0. The second-order valence-electron chi connectivity index (χ2n) is 6.54. The first-order valence-electron chi connectivity index (χ1n) is 8.77. The fourth-order valence-electron chi connectivity index (χ4n) is 2.90. The third-order valence-electron chi connectivity index (χ3n) is 4.34. The summed E-state index contributed by atoms with van der Waals surface area (Å²) >= 11 is 0. The number of nitrogens with one attached hydrogen (secondary N) is 2. The molecule has 0 unspecified atom stereocenters. The fourth-order valence-corrected chi connectivity index (χ4v) is 2.90. The minimum atomic E-state index is -4.84. The zero-order chi connectivity index (χ0) is 20.7. The molecule has 0 radical (unpaired) electrons. The molecule has 0 spiro atoms. The van der Waals surface area contributed by atoms with E-state index >= 15 is 0 Å². The van der Waals surface area contributed by atoms with Crippen LogP contribution < -0.4 is 15.4 Å². The Balaban J connectivity index is 1.75. The summed E-state index contributed by atoms with van der Waals surface area (Å²) in [4.78, 5) is 35.4. The van der Waals surface area contributed by atoms with Crippen molar-refractivity contribution in [3.63, 3.8) is 0 Å². The highest BCUT2D eigenvalue weighted by Crippen LogP contribution is 2.24. The van der Waals surface area contributed by atoms with Gasteiger partial charge >= 0.3 is 18.4 Å². The van der Waals surface area contributed by atoms with E-state index in [0.29, 0.717) is 5.92 Å². The van der Waals surface area contributed by atoms with Crippen molar-refractivity contribution in [2.24, 2.45) is 5.92 Å². The number of imide groups is 1. The number of ether oxygens (including phenoxy) is 2. The van der Waals surface area contributed by atoms with Crippen molar-refractivity contribution in [1.82, 2.24) is 10.6 Å². The van der Waals surface area contributed by atoms with Gasteiger partial charge in [0.15, 0.2) is 6.61 Å². The van der Waals surface area contributed by atoms with E-state index in [2.05, 4.69) is 15.4 Å². The maximum Gasteiger partial charge on any atom is 0.573 e. The number of carbonyl (C=O) groups excluding carboxylic acids is 3. The van der Waals surface area contributed by atoms with Gasteiger partial charge in [0.1, 0.15) is 5.75 Å². The molecule has 0 saturated heterocycles. The number of esters is 1. The van der Waals surface area contributed by atoms with Crippen LogP contribution in [0, 0.1) is 5.92 Å². The van der Waals surface area contributed by atoms with Gasteiger partial charge in [0.2, 0.25) is 0 Å². The molecular formula is C18H21F3N2O5. The van der Waals surface area contributed by atoms with Gasteiger partial charge in [0.05, 0.1) is 5.56 Å². The summed E-state index contributed by atoms with van der Waals surface area (Å²) in [6.07, 6.45) is -0.877. The topological polar surface area (TPSA) is 93.7 Å². The Morgan fingerprint density at radius 2 is 1.75 bits per heavy atom. The first-order valence-corrected chi connectivity index (χ1v) is 8.77. The van der Waals surface area contributed by atoms with Gasteiger partial charge < -0.3 is 14.8 Å². The number of rotatable bonds is 5. The van der Waals surface area contributed by atoms with Crippen LogP contribution in [0.3, 0.4) is 0 Å². The number of alkyl halides is 3. The van der Waals surface area contributed by atoms with Crippen LogP contribution >= 0.6 is 0 Å². The predicted molar refractivity (Wildman–Crippen MR) is 91.5 cm³/mol. The lowest BCUT2D eigenvalue weighted by molar-refractivity contribution is -0.274. The molecule has 2 atom stereocenters. The summed E-state index contributed by atoms with van der Waals surface area (Å²) in [6, 6.07) is 3.36. The maximum atomic E-state index is 12.1. The molecule has 2 rings (SSSR count). The molecule has 154 valence electrons. The zero-order valence-electron chi connectivity index (χ0n) is 15.2. The van der Waals surface area contributed by atoms with E-state index in [4.69, 9.17) is 4.74 Å². The van der Waals surface area contributed by atoms with E-state index in [0.717, 1.165) is 49.9 Å². The molecule has 1 aliphatic rings. The standard InChI is InChI=1S/C18H21F3N2O5/c1-11-4-2-3-5-14(11)22-17(26)23-15(24)10-27-16(25)12-6-8-13(9-7-12)28-18(19,20)21/h6-9,11,14H,2-5,10H2,1H3,(H2,22,23,24,26)/t11-,14+/m0/s1. The predicted octanol–water partition coefficient (Wildman–Crippen LogP) is 3.15. The van der Waals surface area contributed by atoms with Gasteiger partial charge in [-0.3, -0.25) is 10.1 Å². The minimum absolute atomic E-state index is 0.0125. The average Bonchev–Trinajstić information content (AvgIpc) is 2.61. The third-order valence-corrected chi connectivity index (χ3v) is 4.34. The molecule has 0 aromatic heterocycles.